The number of aliphatic hydroxyl groups is 1. The van der Waals surface area contributed by atoms with Gasteiger partial charge in [-0.1, -0.05) is 36.8 Å². The molecular formula is C26H31N3O3. The smallest absolute Gasteiger partial charge is 0.240 e. The van der Waals surface area contributed by atoms with Crippen molar-refractivity contribution >= 4 is 22.6 Å². The number of carbonyl (C=O) groups excluding carboxylic acids is 2. The number of fused-ring (bicyclic) bond motifs is 1. The normalized spacial score (nSPS) is 22.3. The largest absolute Gasteiger partial charge is 0.393 e. The van der Waals surface area contributed by atoms with Crippen LogP contribution in [0.1, 0.15) is 44.1 Å². The Morgan fingerprint density at radius 1 is 1.19 bits per heavy atom. The molecule has 2 heterocycles. The number of ketones is 1. The number of rotatable bonds is 8. The monoisotopic (exact) mass is 433 g/mol. The molecule has 1 fully saturated rings. The summed E-state index contributed by atoms with van der Waals surface area (Å²) in [6.45, 7) is 2.91. The Balaban J connectivity index is 1.48. The van der Waals surface area contributed by atoms with Crippen LogP contribution in [0.25, 0.3) is 10.9 Å². The van der Waals surface area contributed by atoms with E-state index in [1.54, 1.807) is 12.3 Å². The summed E-state index contributed by atoms with van der Waals surface area (Å²) < 4.78 is 0. The van der Waals surface area contributed by atoms with Gasteiger partial charge < -0.3 is 15.7 Å². The van der Waals surface area contributed by atoms with Gasteiger partial charge in [-0.15, -0.1) is 0 Å². The van der Waals surface area contributed by atoms with Gasteiger partial charge in [-0.2, -0.15) is 0 Å². The number of benzene rings is 1. The van der Waals surface area contributed by atoms with Crippen molar-refractivity contribution in [2.24, 2.45) is 5.73 Å². The zero-order valence-corrected chi connectivity index (χ0v) is 18.4. The topological polar surface area (TPSA) is 96.5 Å². The lowest BCUT2D eigenvalue weighted by Crippen LogP contribution is -2.49. The third-order valence-corrected chi connectivity index (χ3v) is 6.77. The highest BCUT2D eigenvalue weighted by molar-refractivity contribution is 6.19. The zero-order valence-electron chi connectivity index (χ0n) is 18.4. The van der Waals surface area contributed by atoms with E-state index in [2.05, 4.69) is 9.88 Å². The summed E-state index contributed by atoms with van der Waals surface area (Å²) in [5.74, 6) is -0.950. The minimum Gasteiger partial charge on any atom is -0.393 e. The lowest BCUT2D eigenvalue weighted by Gasteiger charge is -2.33. The number of amides is 1. The van der Waals surface area contributed by atoms with E-state index in [-0.39, 0.29) is 11.9 Å². The summed E-state index contributed by atoms with van der Waals surface area (Å²) in [6.07, 6.45) is 11.7. The molecule has 4 rings (SSSR count). The number of pyridine rings is 1. The summed E-state index contributed by atoms with van der Waals surface area (Å²) in [5.41, 5.74) is 6.51. The number of likely N-dealkylation sites (tertiary alicyclic amines) is 1. The van der Waals surface area contributed by atoms with E-state index in [9.17, 15) is 14.7 Å². The molecule has 32 heavy (non-hydrogen) atoms. The van der Waals surface area contributed by atoms with Crippen molar-refractivity contribution in [3.05, 3.63) is 65.9 Å². The van der Waals surface area contributed by atoms with E-state index >= 15 is 0 Å². The molecule has 0 saturated carbocycles. The molecule has 1 aromatic carbocycles. The summed E-state index contributed by atoms with van der Waals surface area (Å²) >= 11 is 0. The van der Waals surface area contributed by atoms with Crippen molar-refractivity contribution in [2.45, 2.75) is 50.0 Å². The highest BCUT2D eigenvalue weighted by Crippen LogP contribution is 2.39. The quantitative estimate of drug-likeness (QED) is 0.493. The van der Waals surface area contributed by atoms with Crippen molar-refractivity contribution in [2.75, 3.05) is 19.6 Å². The van der Waals surface area contributed by atoms with Crippen LogP contribution >= 0.6 is 0 Å². The van der Waals surface area contributed by atoms with Gasteiger partial charge in [0.15, 0.2) is 11.2 Å². The maximum atomic E-state index is 13.1. The number of hydrogen-bond donors (Lipinski definition) is 2. The SMILES string of the molecule is NC(=O)C1(c2cnc3ccccc3c2)C(=O)C=CC=C1CCCCCN1CCC(O)CC1. The van der Waals surface area contributed by atoms with Crippen LogP contribution in [0.5, 0.6) is 0 Å². The van der Waals surface area contributed by atoms with E-state index < -0.39 is 11.3 Å². The molecular weight excluding hydrogens is 402 g/mol. The maximum absolute atomic E-state index is 13.1. The number of allylic oxidation sites excluding steroid dienone is 3. The molecule has 1 saturated heterocycles. The molecule has 3 N–H and O–H groups in total. The average Bonchev–Trinajstić information content (AvgIpc) is 2.80. The molecule has 0 spiro atoms. The maximum Gasteiger partial charge on any atom is 0.240 e. The standard InChI is InChI=1S/C26H31N3O3/c27-25(32)26(21-17-19-7-3-4-10-23(19)28-18-21)20(9-6-11-24(26)31)8-2-1-5-14-29-15-12-22(30)13-16-29/h3-4,6-7,9-11,17-18,22,30H,1-2,5,8,12-16H2,(H2,27,32). The number of aliphatic hydroxyl groups excluding tert-OH is 1. The van der Waals surface area contributed by atoms with Gasteiger partial charge >= 0.3 is 0 Å². The number of nitrogens with two attached hydrogens (primary N) is 1. The molecule has 168 valence electrons. The highest BCUT2D eigenvalue weighted by atomic mass is 16.3. The van der Waals surface area contributed by atoms with Crippen molar-refractivity contribution < 1.29 is 14.7 Å². The van der Waals surface area contributed by atoms with Crippen LogP contribution in [-0.4, -0.2) is 52.4 Å². The molecule has 1 atom stereocenters. The number of primary amides is 1. The van der Waals surface area contributed by atoms with Crippen LogP contribution in [0.15, 0.2) is 60.3 Å². The molecule has 1 aromatic heterocycles. The third kappa shape index (κ3) is 4.38. The molecule has 2 aromatic rings. The third-order valence-electron chi connectivity index (χ3n) is 6.77. The lowest BCUT2D eigenvalue weighted by molar-refractivity contribution is -0.130. The van der Waals surface area contributed by atoms with E-state index in [1.807, 2.05) is 36.4 Å². The number of para-hydroxylation sites is 1. The molecule has 0 bridgehead atoms. The first-order valence-corrected chi connectivity index (χ1v) is 11.5. The van der Waals surface area contributed by atoms with Crippen LogP contribution in [0.4, 0.5) is 0 Å². The molecule has 0 radical (unpaired) electrons. The molecule has 6 nitrogen and oxygen atoms in total. The van der Waals surface area contributed by atoms with Gasteiger partial charge in [-0.25, -0.2) is 0 Å². The predicted molar refractivity (Wildman–Crippen MR) is 125 cm³/mol. The van der Waals surface area contributed by atoms with E-state index in [0.717, 1.165) is 68.2 Å². The first-order valence-electron chi connectivity index (χ1n) is 11.5. The molecule has 1 amide bonds. The van der Waals surface area contributed by atoms with Gasteiger partial charge in [0.05, 0.1) is 11.6 Å². The second kappa shape index (κ2) is 9.76. The van der Waals surface area contributed by atoms with Crippen LogP contribution in [0.3, 0.4) is 0 Å². The lowest BCUT2D eigenvalue weighted by atomic mass is 9.67. The van der Waals surface area contributed by atoms with Crippen LogP contribution in [0.2, 0.25) is 0 Å². The first-order chi connectivity index (χ1) is 15.5. The second-order valence-electron chi connectivity index (χ2n) is 8.83. The number of hydrogen-bond acceptors (Lipinski definition) is 5. The van der Waals surface area contributed by atoms with Crippen molar-refractivity contribution in [3.8, 4) is 0 Å². The van der Waals surface area contributed by atoms with Gasteiger partial charge in [0.2, 0.25) is 5.91 Å². The number of unbranched alkanes of at least 4 members (excludes halogenated alkanes) is 2. The fourth-order valence-corrected chi connectivity index (χ4v) is 4.93. The van der Waals surface area contributed by atoms with Gasteiger partial charge in [0.25, 0.3) is 0 Å². The molecule has 1 aliphatic carbocycles. The number of aromatic nitrogens is 1. The summed E-state index contributed by atoms with van der Waals surface area (Å²) in [5, 5.41) is 10.5. The molecule has 1 aliphatic heterocycles. The van der Waals surface area contributed by atoms with E-state index in [0.29, 0.717) is 12.0 Å². The van der Waals surface area contributed by atoms with Crippen LogP contribution in [-0.2, 0) is 15.0 Å². The Bertz CT molecular complexity index is 1050. The number of carbonyl (C=O) groups is 2. The van der Waals surface area contributed by atoms with E-state index in [4.69, 9.17) is 5.73 Å². The summed E-state index contributed by atoms with van der Waals surface area (Å²) in [6, 6.07) is 9.51. The molecule has 6 heteroatoms. The van der Waals surface area contributed by atoms with Crippen LogP contribution < -0.4 is 5.73 Å². The van der Waals surface area contributed by atoms with Crippen LogP contribution in [0, 0.1) is 0 Å². The molecule has 1 unspecified atom stereocenters. The average molecular weight is 434 g/mol. The van der Waals surface area contributed by atoms with Crippen molar-refractivity contribution in [1.82, 2.24) is 9.88 Å². The number of nitrogens with zero attached hydrogens (tertiary/aromatic N) is 2. The fraction of sp³-hybridized carbons (Fsp3) is 0.423. The van der Waals surface area contributed by atoms with Gasteiger partial charge in [0.1, 0.15) is 0 Å². The second-order valence-corrected chi connectivity index (χ2v) is 8.83. The minimum atomic E-state index is -1.49. The predicted octanol–water partition coefficient (Wildman–Crippen LogP) is 3.04. The Morgan fingerprint density at radius 3 is 2.75 bits per heavy atom. The van der Waals surface area contributed by atoms with E-state index in [1.165, 1.54) is 6.08 Å². The summed E-state index contributed by atoms with van der Waals surface area (Å²) in [7, 11) is 0. The fourth-order valence-electron chi connectivity index (χ4n) is 4.93. The highest BCUT2D eigenvalue weighted by Gasteiger charge is 2.48. The van der Waals surface area contributed by atoms with Gasteiger partial charge in [0, 0.05) is 24.7 Å². The van der Waals surface area contributed by atoms with Gasteiger partial charge in [-0.05, 0) is 68.0 Å². The van der Waals surface area contributed by atoms with Crippen molar-refractivity contribution in [3.63, 3.8) is 0 Å². The Morgan fingerprint density at radius 2 is 1.97 bits per heavy atom. The number of piperidine rings is 1. The van der Waals surface area contributed by atoms with Gasteiger partial charge in [-0.3, -0.25) is 14.6 Å². The summed E-state index contributed by atoms with van der Waals surface area (Å²) in [4.78, 5) is 32.9. The Labute approximate surface area is 188 Å². The Kier molecular flexibility index (Phi) is 6.82. The van der Waals surface area contributed by atoms with Crippen molar-refractivity contribution in [1.29, 1.82) is 0 Å². The Hall–Kier alpha value is -2.83. The zero-order chi connectivity index (χ0) is 22.6. The molecule has 2 aliphatic rings. The first kappa shape index (κ1) is 22.4. The minimum absolute atomic E-state index is 0.151.